The summed E-state index contributed by atoms with van der Waals surface area (Å²) in [5.41, 5.74) is 6.18. The van der Waals surface area contributed by atoms with Crippen molar-refractivity contribution >= 4 is 17.8 Å². The second kappa shape index (κ2) is 9.42. The van der Waals surface area contributed by atoms with Crippen molar-refractivity contribution in [3.8, 4) is 0 Å². The zero-order valence-corrected chi connectivity index (χ0v) is 14.3. The van der Waals surface area contributed by atoms with Crippen molar-refractivity contribution < 1.29 is 27.9 Å². The summed E-state index contributed by atoms with van der Waals surface area (Å²) in [7, 11) is 0. The van der Waals surface area contributed by atoms with Crippen LogP contribution in [0, 0.1) is 11.6 Å². The smallest absolute Gasteiger partial charge is 0.308 e. The molecule has 0 fully saturated rings. The average molecular weight is 376 g/mol. The second-order valence-corrected chi connectivity index (χ2v) is 5.80. The van der Waals surface area contributed by atoms with Gasteiger partial charge in [0.2, 0.25) is 11.8 Å². The molecule has 2 rings (SSSR count). The lowest BCUT2D eigenvalue weighted by Gasteiger charge is -2.15. The van der Waals surface area contributed by atoms with Crippen molar-refractivity contribution in [2.24, 2.45) is 5.73 Å². The summed E-state index contributed by atoms with van der Waals surface area (Å²) in [6.45, 7) is 0.0218. The molecule has 0 unspecified atom stereocenters. The van der Waals surface area contributed by atoms with Gasteiger partial charge in [0.25, 0.3) is 0 Å². The molecule has 6 nitrogen and oxygen atoms in total. The number of esters is 1. The Kier molecular flexibility index (Phi) is 6.99. The molecule has 0 saturated heterocycles. The van der Waals surface area contributed by atoms with Crippen molar-refractivity contribution in [2.75, 3.05) is 0 Å². The number of hydrogen-bond acceptors (Lipinski definition) is 4. The van der Waals surface area contributed by atoms with Crippen LogP contribution in [0.15, 0.2) is 48.5 Å². The predicted molar refractivity (Wildman–Crippen MR) is 92.0 cm³/mol. The third-order valence-electron chi connectivity index (χ3n) is 3.64. The third-order valence-corrected chi connectivity index (χ3v) is 3.64. The number of amides is 2. The molecule has 1 atom stereocenters. The van der Waals surface area contributed by atoms with Crippen molar-refractivity contribution in [2.45, 2.75) is 25.5 Å². The summed E-state index contributed by atoms with van der Waals surface area (Å²) in [6, 6.07) is 10.7. The van der Waals surface area contributed by atoms with E-state index in [1.807, 2.05) is 6.07 Å². The van der Waals surface area contributed by atoms with Gasteiger partial charge in [0.15, 0.2) is 11.6 Å². The van der Waals surface area contributed by atoms with Crippen molar-refractivity contribution in [1.82, 2.24) is 5.32 Å². The number of ether oxygens (including phenoxy) is 1. The van der Waals surface area contributed by atoms with E-state index in [0.29, 0.717) is 0 Å². The predicted octanol–water partition coefficient (Wildman–Crippen LogP) is 1.61. The van der Waals surface area contributed by atoms with Crippen LogP contribution >= 0.6 is 0 Å². The molecule has 27 heavy (non-hydrogen) atoms. The van der Waals surface area contributed by atoms with E-state index in [1.165, 1.54) is 6.07 Å². The Morgan fingerprint density at radius 2 is 1.70 bits per heavy atom. The lowest BCUT2D eigenvalue weighted by molar-refractivity contribution is -0.147. The highest BCUT2D eigenvalue weighted by Crippen LogP contribution is 2.09. The molecule has 3 N–H and O–H groups in total. The maximum absolute atomic E-state index is 13.2. The number of rotatable bonds is 8. The molecule has 0 bridgehead atoms. The van der Waals surface area contributed by atoms with Gasteiger partial charge in [0.1, 0.15) is 12.6 Å². The highest BCUT2D eigenvalue weighted by molar-refractivity contribution is 5.90. The molecular weight excluding hydrogens is 358 g/mol. The monoisotopic (exact) mass is 376 g/mol. The fraction of sp³-hybridized carbons (Fsp3) is 0.211. The fourth-order valence-corrected chi connectivity index (χ4v) is 2.27. The number of nitrogens with one attached hydrogen (secondary N) is 1. The lowest BCUT2D eigenvalue weighted by atomic mass is 10.1. The first-order chi connectivity index (χ1) is 12.8. The Hall–Kier alpha value is -3.29. The SMILES string of the molecule is NC(=O)[C@@H](CC(=O)OCc1ccccc1)NC(=O)Cc1ccc(F)c(F)c1. The van der Waals surface area contributed by atoms with Crippen LogP contribution < -0.4 is 11.1 Å². The van der Waals surface area contributed by atoms with Crippen LogP contribution in [0.4, 0.5) is 8.78 Å². The molecule has 2 aromatic carbocycles. The van der Waals surface area contributed by atoms with Gasteiger partial charge in [0, 0.05) is 0 Å². The van der Waals surface area contributed by atoms with Gasteiger partial charge in [-0.05, 0) is 23.3 Å². The topological polar surface area (TPSA) is 98.5 Å². The van der Waals surface area contributed by atoms with Crippen LogP contribution in [-0.2, 0) is 32.1 Å². The maximum atomic E-state index is 13.2. The van der Waals surface area contributed by atoms with Crippen LogP contribution in [-0.4, -0.2) is 23.8 Å². The summed E-state index contributed by atoms with van der Waals surface area (Å²) in [4.78, 5) is 35.4. The molecular formula is C19H18F2N2O4. The minimum absolute atomic E-state index is 0.0218. The van der Waals surface area contributed by atoms with Crippen molar-refractivity contribution in [3.63, 3.8) is 0 Å². The van der Waals surface area contributed by atoms with Gasteiger partial charge < -0.3 is 15.8 Å². The van der Waals surface area contributed by atoms with E-state index < -0.39 is 41.9 Å². The summed E-state index contributed by atoms with van der Waals surface area (Å²) in [6.07, 6.45) is -0.744. The van der Waals surface area contributed by atoms with Gasteiger partial charge in [-0.1, -0.05) is 36.4 Å². The van der Waals surface area contributed by atoms with Crippen LogP contribution in [0.5, 0.6) is 0 Å². The van der Waals surface area contributed by atoms with Crippen LogP contribution in [0.2, 0.25) is 0 Å². The van der Waals surface area contributed by atoms with Gasteiger partial charge in [-0.3, -0.25) is 14.4 Å². The largest absolute Gasteiger partial charge is 0.461 e. The standard InChI is InChI=1S/C19H18F2N2O4/c20-14-7-6-13(8-15(14)21)9-17(24)23-16(19(22)26)10-18(25)27-11-12-4-2-1-3-5-12/h1-8,16H,9-11H2,(H2,22,26)(H,23,24)/t16-/m1/s1. The van der Waals surface area contributed by atoms with E-state index >= 15 is 0 Å². The quantitative estimate of drug-likeness (QED) is 0.684. The van der Waals surface area contributed by atoms with Crippen LogP contribution in [0.3, 0.4) is 0 Å². The van der Waals surface area contributed by atoms with Gasteiger partial charge in [0.05, 0.1) is 12.8 Å². The number of carbonyl (C=O) groups is 3. The average Bonchev–Trinajstić information content (AvgIpc) is 2.63. The van der Waals surface area contributed by atoms with Crippen LogP contribution in [0.25, 0.3) is 0 Å². The number of primary amides is 1. The second-order valence-electron chi connectivity index (χ2n) is 5.80. The normalized spacial score (nSPS) is 11.5. The molecule has 8 heteroatoms. The Morgan fingerprint density at radius 1 is 1.00 bits per heavy atom. The number of halogens is 2. The maximum Gasteiger partial charge on any atom is 0.308 e. The van der Waals surface area contributed by atoms with E-state index in [-0.39, 0.29) is 18.6 Å². The highest BCUT2D eigenvalue weighted by atomic mass is 19.2. The van der Waals surface area contributed by atoms with Gasteiger partial charge in [-0.15, -0.1) is 0 Å². The molecule has 0 aliphatic rings. The van der Waals surface area contributed by atoms with E-state index in [0.717, 1.165) is 17.7 Å². The Labute approximate surface area is 154 Å². The van der Waals surface area contributed by atoms with Gasteiger partial charge in [-0.25, -0.2) is 8.78 Å². The Balaban J connectivity index is 1.88. The molecule has 0 aliphatic carbocycles. The number of hydrogen-bond donors (Lipinski definition) is 2. The van der Waals surface area contributed by atoms with E-state index in [1.54, 1.807) is 24.3 Å². The fourth-order valence-electron chi connectivity index (χ4n) is 2.27. The summed E-state index contributed by atoms with van der Waals surface area (Å²) >= 11 is 0. The molecule has 0 heterocycles. The van der Waals surface area contributed by atoms with E-state index in [9.17, 15) is 23.2 Å². The molecule has 0 aromatic heterocycles. The number of benzene rings is 2. The van der Waals surface area contributed by atoms with E-state index in [2.05, 4.69) is 5.32 Å². The zero-order chi connectivity index (χ0) is 19.8. The minimum Gasteiger partial charge on any atom is -0.461 e. The van der Waals surface area contributed by atoms with Crippen molar-refractivity contribution in [1.29, 1.82) is 0 Å². The molecule has 0 radical (unpaired) electrons. The number of nitrogens with two attached hydrogens (primary N) is 1. The molecule has 2 amide bonds. The third kappa shape index (κ3) is 6.50. The van der Waals surface area contributed by atoms with Gasteiger partial charge >= 0.3 is 5.97 Å². The first-order valence-electron chi connectivity index (χ1n) is 8.07. The van der Waals surface area contributed by atoms with Crippen LogP contribution in [0.1, 0.15) is 17.5 Å². The summed E-state index contributed by atoms with van der Waals surface area (Å²) in [5.74, 6) is -4.41. The van der Waals surface area contributed by atoms with Crippen molar-refractivity contribution in [3.05, 3.63) is 71.3 Å². The highest BCUT2D eigenvalue weighted by Gasteiger charge is 2.22. The lowest BCUT2D eigenvalue weighted by Crippen LogP contribution is -2.46. The molecule has 0 aliphatic heterocycles. The van der Waals surface area contributed by atoms with E-state index in [4.69, 9.17) is 10.5 Å². The first-order valence-corrected chi connectivity index (χ1v) is 8.07. The number of carbonyl (C=O) groups excluding carboxylic acids is 3. The molecule has 142 valence electrons. The minimum atomic E-state index is -1.27. The molecule has 2 aromatic rings. The first kappa shape index (κ1) is 20.0. The zero-order valence-electron chi connectivity index (χ0n) is 14.3. The Bertz CT molecular complexity index is 828. The summed E-state index contributed by atoms with van der Waals surface area (Å²) in [5, 5.41) is 2.30. The molecule has 0 spiro atoms. The Morgan fingerprint density at radius 3 is 2.33 bits per heavy atom. The molecule has 0 saturated carbocycles. The summed E-state index contributed by atoms with van der Waals surface area (Å²) < 4.78 is 31.1. The van der Waals surface area contributed by atoms with Gasteiger partial charge in [-0.2, -0.15) is 0 Å².